The number of rotatable bonds is 5. The van der Waals surface area contributed by atoms with Crippen molar-refractivity contribution in [3.05, 3.63) is 16.4 Å². The summed E-state index contributed by atoms with van der Waals surface area (Å²) in [5.41, 5.74) is 0.450. The first-order valence-electron chi connectivity index (χ1n) is 6.77. The van der Waals surface area contributed by atoms with Crippen LogP contribution in [0, 0.1) is 5.92 Å². The molecular formula is C13H20BrN3O2. The summed E-state index contributed by atoms with van der Waals surface area (Å²) in [6.07, 6.45) is 6.87. The maximum absolute atomic E-state index is 11.8. The Bertz CT molecular complexity index is 422. The van der Waals surface area contributed by atoms with Crippen LogP contribution in [0.25, 0.3) is 0 Å². The Balaban J connectivity index is 1.67. The van der Waals surface area contributed by atoms with E-state index in [0.717, 1.165) is 6.42 Å². The summed E-state index contributed by atoms with van der Waals surface area (Å²) in [4.78, 5) is 11.8. The van der Waals surface area contributed by atoms with Crippen LogP contribution in [-0.2, 0) is 4.74 Å². The molecule has 19 heavy (non-hydrogen) atoms. The van der Waals surface area contributed by atoms with Crippen molar-refractivity contribution in [2.24, 2.45) is 5.92 Å². The molecule has 1 aromatic rings. The zero-order valence-corrected chi connectivity index (χ0v) is 12.7. The molecule has 0 unspecified atom stereocenters. The van der Waals surface area contributed by atoms with Gasteiger partial charge in [0.15, 0.2) is 0 Å². The number of carbonyl (C=O) groups is 1. The molecule has 2 N–H and O–H groups in total. The van der Waals surface area contributed by atoms with Crippen molar-refractivity contribution >= 4 is 21.8 Å². The molecule has 1 heterocycles. The average Bonchev–Trinajstić information content (AvgIpc) is 2.82. The van der Waals surface area contributed by atoms with Gasteiger partial charge in [-0.15, -0.1) is 0 Å². The van der Waals surface area contributed by atoms with Gasteiger partial charge < -0.3 is 10.1 Å². The number of nitrogens with one attached hydrogen (secondary N) is 2. The molecule has 5 nitrogen and oxygen atoms in total. The van der Waals surface area contributed by atoms with Gasteiger partial charge >= 0.3 is 0 Å². The number of amides is 1. The number of H-pyrrole nitrogens is 1. The number of aromatic amines is 1. The van der Waals surface area contributed by atoms with Gasteiger partial charge in [0.05, 0.1) is 23.4 Å². The van der Waals surface area contributed by atoms with E-state index in [-0.39, 0.29) is 5.91 Å². The topological polar surface area (TPSA) is 67.0 Å². The highest BCUT2D eigenvalue weighted by Crippen LogP contribution is 2.25. The van der Waals surface area contributed by atoms with Crippen molar-refractivity contribution < 1.29 is 9.53 Å². The summed E-state index contributed by atoms with van der Waals surface area (Å²) in [7, 11) is 0. The smallest absolute Gasteiger partial charge is 0.270 e. The highest BCUT2D eigenvalue weighted by atomic mass is 79.9. The summed E-state index contributed by atoms with van der Waals surface area (Å²) >= 11 is 3.26. The van der Waals surface area contributed by atoms with Crippen LogP contribution in [0.15, 0.2) is 10.7 Å². The highest BCUT2D eigenvalue weighted by Gasteiger charge is 2.21. The molecule has 0 bridgehead atoms. The number of halogens is 1. The van der Waals surface area contributed by atoms with Crippen LogP contribution in [0.1, 0.15) is 43.1 Å². The lowest BCUT2D eigenvalue weighted by Crippen LogP contribution is -2.32. The number of hydrogen-bond donors (Lipinski definition) is 2. The van der Waals surface area contributed by atoms with Crippen molar-refractivity contribution in [2.75, 3.05) is 13.2 Å². The van der Waals surface area contributed by atoms with Gasteiger partial charge in [-0.05, 0) is 34.7 Å². The molecule has 6 heteroatoms. The molecule has 1 amide bonds. The van der Waals surface area contributed by atoms with Crippen LogP contribution in [-0.4, -0.2) is 35.4 Å². The molecule has 106 valence electrons. The van der Waals surface area contributed by atoms with Gasteiger partial charge in [-0.25, -0.2) is 0 Å². The number of aromatic nitrogens is 2. The third-order valence-corrected chi connectivity index (χ3v) is 4.17. The summed E-state index contributed by atoms with van der Waals surface area (Å²) < 4.78 is 6.51. The van der Waals surface area contributed by atoms with E-state index in [0.29, 0.717) is 35.3 Å². The second kappa shape index (κ2) is 7.05. The summed E-state index contributed by atoms with van der Waals surface area (Å²) in [6, 6.07) is 0. The SMILES string of the molecule is C[C@@H]1CCCC[C@@H]1OCCNC(=O)c1[nH]ncc1Br. The van der Waals surface area contributed by atoms with Gasteiger partial charge in [-0.3, -0.25) is 9.89 Å². The standard InChI is InChI=1S/C13H20BrN3O2/c1-9-4-2-3-5-11(9)19-7-6-15-13(18)12-10(14)8-16-17-12/h8-9,11H,2-7H2,1H3,(H,15,18)(H,16,17)/t9-,11+/m1/s1. The van der Waals surface area contributed by atoms with Gasteiger partial charge in [0, 0.05) is 6.54 Å². The molecule has 0 aromatic carbocycles. The fourth-order valence-electron chi connectivity index (χ4n) is 2.42. The third-order valence-electron chi connectivity index (χ3n) is 3.57. The second-order valence-electron chi connectivity index (χ2n) is 5.02. The van der Waals surface area contributed by atoms with E-state index < -0.39 is 0 Å². The molecule has 1 aromatic heterocycles. The largest absolute Gasteiger partial charge is 0.376 e. The number of ether oxygens (including phenoxy) is 1. The molecular weight excluding hydrogens is 310 g/mol. The molecule has 1 saturated carbocycles. The van der Waals surface area contributed by atoms with Crippen LogP contribution in [0.4, 0.5) is 0 Å². The highest BCUT2D eigenvalue weighted by molar-refractivity contribution is 9.10. The third kappa shape index (κ3) is 4.04. The van der Waals surface area contributed by atoms with Gasteiger partial charge in [0.1, 0.15) is 5.69 Å². The molecule has 2 atom stereocenters. The lowest BCUT2D eigenvalue weighted by molar-refractivity contribution is -0.00295. The van der Waals surface area contributed by atoms with Gasteiger partial charge in [0.25, 0.3) is 5.91 Å². The first-order chi connectivity index (χ1) is 9.18. The minimum absolute atomic E-state index is 0.162. The van der Waals surface area contributed by atoms with E-state index in [9.17, 15) is 4.79 Å². The summed E-state index contributed by atoms with van der Waals surface area (Å²) in [5.74, 6) is 0.468. The van der Waals surface area contributed by atoms with E-state index >= 15 is 0 Å². The Morgan fingerprint density at radius 3 is 3.05 bits per heavy atom. The lowest BCUT2D eigenvalue weighted by Gasteiger charge is -2.28. The lowest BCUT2D eigenvalue weighted by atomic mass is 9.88. The van der Waals surface area contributed by atoms with Crippen LogP contribution < -0.4 is 5.32 Å². The van der Waals surface area contributed by atoms with E-state index in [4.69, 9.17) is 4.74 Å². The fourth-order valence-corrected chi connectivity index (χ4v) is 2.79. The zero-order valence-electron chi connectivity index (χ0n) is 11.1. The molecule has 2 rings (SSSR count). The molecule has 1 fully saturated rings. The maximum Gasteiger partial charge on any atom is 0.270 e. The van der Waals surface area contributed by atoms with Crippen molar-refractivity contribution in [2.45, 2.75) is 38.7 Å². The van der Waals surface area contributed by atoms with Crippen molar-refractivity contribution in [1.82, 2.24) is 15.5 Å². The van der Waals surface area contributed by atoms with E-state index in [1.807, 2.05) is 0 Å². The Morgan fingerprint density at radius 2 is 2.37 bits per heavy atom. The van der Waals surface area contributed by atoms with Crippen molar-refractivity contribution in [3.8, 4) is 0 Å². The predicted octanol–water partition coefficient (Wildman–Crippen LogP) is 2.50. The van der Waals surface area contributed by atoms with Gasteiger partial charge in [0.2, 0.25) is 0 Å². The van der Waals surface area contributed by atoms with Gasteiger partial charge in [-0.2, -0.15) is 5.10 Å². The Labute approximate surface area is 121 Å². The first kappa shape index (κ1) is 14.5. The van der Waals surface area contributed by atoms with Crippen molar-refractivity contribution in [3.63, 3.8) is 0 Å². The first-order valence-corrected chi connectivity index (χ1v) is 7.56. The van der Waals surface area contributed by atoms with Crippen molar-refractivity contribution in [1.29, 1.82) is 0 Å². The summed E-state index contributed by atoms with van der Waals surface area (Å²) in [5, 5.41) is 9.26. The zero-order chi connectivity index (χ0) is 13.7. The number of hydrogen-bond acceptors (Lipinski definition) is 3. The molecule has 0 saturated heterocycles. The Hall–Kier alpha value is -0.880. The number of carbonyl (C=O) groups excluding carboxylic acids is 1. The molecule has 0 spiro atoms. The average molecular weight is 330 g/mol. The van der Waals surface area contributed by atoms with Crippen LogP contribution in [0.5, 0.6) is 0 Å². The van der Waals surface area contributed by atoms with Crippen LogP contribution in [0.3, 0.4) is 0 Å². The van der Waals surface area contributed by atoms with Gasteiger partial charge in [-0.1, -0.05) is 19.8 Å². The normalized spacial score (nSPS) is 23.3. The molecule has 0 radical (unpaired) electrons. The summed E-state index contributed by atoms with van der Waals surface area (Å²) in [6.45, 7) is 3.32. The second-order valence-corrected chi connectivity index (χ2v) is 5.87. The van der Waals surface area contributed by atoms with E-state index in [2.05, 4.69) is 38.4 Å². The Morgan fingerprint density at radius 1 is 1.58 bits per heavy atom. The van der Waals surface area contributed by atoms with E-state index in [1.54, 1.807) is 6.20 Å². The molecule has 1 aliphatic carbocycles. The Kier molecular flexibility index (Phi) is 5.39. The van der Waals surface area contributed by atoms with E-state index in [1.165, 1.54) is 19.3 Å². The molecule has 1 aliphatic rings. The van der Waals surface area contributed by atoms with Crippen LogP contribution in [0.2, 0.25) is 0 Å². The number of nitrogens with zero attached hydrogens (tertiary/aromatic N) is 1. The monoisotopic (exact) mass is 329 g/mol. The fraction of sp³-hybridized carbons (Fsp3) is 0.692. The predicted molar refractivity (Wildman–Crippen MR) is 76.0 cm³/mol. The van der Waals surface area contributed by atoms with Crippen LogP contribution >= 0.6 is 15.9 Å². The molecule has 0 aliphatic heterocycles. The quantitative estimate of drug-likeness (QED) is 0.815. The minimum Gasteiger partial charge on any atom is -0.376 e. The maximum atomic E-state index is 11.8. The minimum atomic E-state index is -0.162.